The standard InChI is InChI=1S/C23H25F2N3O2/c1-28-13-16(20(21(28)22(24)25)14-6-4-3-5-7-14)9-18(29)10-17-8-15-11-27-23(30-2)19(15)12-26-17/h3-8,12,16,20-22H,9-11,13H2,1-2H3/t16-,20+,21-/m1/s1. The summed E-state index contributed by atoms with van der Waals surface area (Å²) in [4.78, 5) is 23.2. The fraction of sp³-hybridized carbons (Fsp3) is 0.435. The van der Waals surface area contributed by atoms with Crippen LogP contribution in [0.1, 0.15) is 34.7 Å². The van der Waals surface area contributed by atoms with E-state index in [0.29, 0.717) is 24.7 Å². The minimum Gasteiger partial charge on any atom is -0.481 e. The lowest BCUT2D eigenvalue weighted by Crippen LogP contribution is -2.35. The Balaban J connectivity index is 1.48. The number of aliphatic imine (C=N–C) groups is 1. The summed E-state index contributed by atoms with van der Waals surface area (Å²) in [6, 6.07) is 10.4. The highest BCUT2D eigenvalue weighted by Crippen LogP contribution is 2.41. The van der Waals surface area contributed by atoms with Gasteiger partial charge in [0.25, 0.3) is 6.43 Å². The van der Waals surface area contributed by atoms with Gasteiger partial charge >= 0.3 is 0 Å². The highest BCUT2D eigenvalue weighted by molar-refractivity contribution is 5.97. The first-order valence-electron chi connectivity index (χ1n) is 10.1. The van der Waals surface area contributed by atoms with Crippen molar-refractivity contribution in [2.75, 3.05) is 20.7 Å². The van der Waals surface area contributed by atoms with E-state index in [2.05, 4.69) is 9.98 Å². The fourth-order valence-corrected chi connectivity index (χ4v) is 4.79. The Hall–Kier alpha value is -2.67. The predicted octanol–water partition coefficient (Wildman–Crippen LogP) is 3.47. The Labute approximate surface area is 174 Å². The molecule has 2 aliphatic rings. The highest BCUT2D eigenvalue weighted by Gasteiger charge is 2.45. The molecule has 1 fully saturated rings. The van der Waals surface area contributed by atoms with Gasteiger partial charge in [0.2, 0.25) is 5.90 Å². The van der Waals surface area contributed by atoms with E-state index in [0.717, 1.165) is 16.7 Å². The van der Waals surface area contributed by atoms with Gasteiger partial charge in [0.15, 0.2) is 0 Å². The number of pyridine rings is 1. The van der Waals surface area contributed by atoms with Crippen LogP contribution in [0.3, 0.4) is 0 Å². The third kappa shape index (κ3) is 3.99. The van der Waals surface area contributed by atoms with E-state index >= 15 is 0 Å². The van der Waals surface area contributed by atoms with Gasteiger partial charge in [0, 0.05) is 37.2 Å². The van der Waals surface area contributed by atoms with Crippen LogP contribution < -0.4 is 0 Å². The van der Waals surface area contributed by atoms with E-state index in [-0.39, 0.29) is 30.5 Å². The van der Waals surface area contributed by atoms with Crippen molar-refractivity contribution >= 4 is 11.7 Å². The second kappa shape index (κ2) is 8.60. The maximum absolute atomic E-state index is 13.8. The van der Waals surface area contributed by atoms with Crippen LogP contribution >= 0.6 is 0 Å². The normalized spacial score (nSPS) is 23.5. The van der Waals surface area contributed by atoms with Crippen LogP contribution in [-0.4, -0.2) is 54.7 Å². The van der Waals surface area contributed by atoms with E-state index in [9.17, 15) is 13.6 Å². The molecule has 0 spiro atoms. The first-order valence-corrected chi connectivity index (χ1v) is 10.1. The summed E-state index contributed by atoms with van der Waals surface area (Å²) in [5.41, 5.74) is 3.39. The number of nitrogens with zero attached hydrogens (tertiary/aromatic N) is 3. The Morgan fingerprint density at radius 1 is 1.30 bits per heavy atom. The number of benzene rings is 1. The number of carbonyl (C=O) groups is 1. The summed E-state index contributed by atoms with van der Waals surface area (Å²) < 4.78 is 32.8. The van der Waals surface area contributed by atoms with Gasteiger partial charge in [0.1, 0.15) is 5.78 Å². The molecule has 0 saturated carbocycles. The Morgan fingerprint density at radius 3 is 2.77 bits per heavy atom. The number of methoxy groups -OCH3 is 1. The lowest BCUT2D eigenvalue weighted by molar-refractivity contribution is -0.119. The average Bonchev–Trinajstić information content (AvgIpc) is 3.28. The van der Waals surface area contributed by atoms with Crippen molar-refractivity contribution in [1.82, 2.24) is 9.88 Å². The molecule has 0 radical (unpaired) electrons. The molecular formula is C23H25F2N3O2. The van der Waals surface area contributed by atoms with Gasteiger partial charge in [-0.1, -0.05) is 30.3 Å². The highest BCUT2D eigenvalue weighted by atomic mass is 19.3. The minimum absolute atomic E-state index is 0.0163. The maximum Gasteiger partial charge on any atom is 0.254 e. The molecule has 2 aromatic rings. The predicted molar refractivity (Wildman–Crippen MR) is 110 cm³/mol. The summed E-state index contributed by atoms with van der Waals surface area (Å²) in [5, 5.41) is 0. The van der Waals surface area contributed by atoms with Crippen molar-refractivity contribution in [3.05, 3.63) is 65.0 Å². The third-order valence-electron chi connectivity index (χ3n) is 6.08. The van der Waals surface area contributed by atoms with Crippen molar-refractivity contribution in [1.29, 1.82) is 0 Å². The SMILES string of the molecule is COC1=NCc2cc(CC(=O)C[C@@H]3CN(C)[C@@H](C(F)F)[C@H]3c3ccccc3)ncc21. The van der Waals surface area contributed by atoms with Crippen LogP contribution in [0.2, 0.25) is 0 Å². The molecule has 1 aromatic carbocycles. The molecule has 4 rings (SSSR count). The second-order valence-electron chi connectivity index (χ2n) is 8.04. The zero-order valence-corrected chi connectivity index (χ0v) is 17.1. The van der Waals surface area contributed by atoms with Gasteiger partial charge in [-0.2, -0.15) is 0 Å². The van der Waals surface area contributed by atoms with Crippen LogP contribution in [0.4, 0.5) is 8.78 Å². The molecule has 30 heavy (non-hydrogen) atoms. The second-order valence-corrected chi connectivity index (χ2v) is 8.04. The number of carbonyl (C=O) groups excluding carboxylic acids is 1. The van der Waals surface area contributed by atoms with Gasteiger partial charge in [-0.15, -0.1) is 0 Å². The van der Waals surface area contributed by atoms with Gasteiger partial charge in [0.05, 0.1) is 25.3 Å². The maximum atomic E-state index is 13.8. The monoisotopic (exact) mass is 413 g/mol. The van der Waals surface area contributed by atoms with Crippen molar-refractivity contribution < 1.29 is 18.3 Å². The average molecular weight is 413 g/mol. The van der Waals surface area contributed by atoms with Crippen molar-refractivity contribution in [2.45, 2.75) is 37.8 Å². The van der Waals surface area contributed by atoms with Crippen LogP contribution in [0.15, 0.2) is 47.6 Å². The van der Waals surface area contributed by atoms with Gasteiger partial charge in [-0.05, 0) is 30.2 Å². The molecule has 1 aromatic heterocycles. The molecule has 5 nitrogen and oxygen atoms in total. The molecule has 0 amide bonds. The zero-order chi connectivity index (χ0) is 21.3. The molecular weight excluding hydrogens is 388 g/mol. The smallest absolute Gasteiger partial charge is 0.254 e. The molecule has 0 aliphatic carbocycles. The lowest BCUT2D eigenvalue weighted by Gasteiger charge is -2.26. The molecule has 158 valence electrons. The minimum atomic E-state index is -2.46. The molecule has 1 saturated heterocycles. The number of likely N-dealkylation sites (tertiary alicyclic amines) is 1. The first-order chi connectivity index (χ1) is 14.5. The molecule has 0 bridgehead atoms. The summed E-state index contributed by atoms with van der Waals surface area (Å²) >= 11 is 0. The number of hydrogen-bond donors (Lipinski definition) is 0. The molecule has 3 heterocycles. The number of halogens is 2. The topological polar surface area (TPSA) is 54.8 Å². The largest absolute Gasteiger partial charge is 0.481 e. The Bertz CT molecular complexity index is 949. The number of rotatable bonds is 6. The number of fused-ring (bicyclic) bond motifs is 1. The van der Waals surface area contributed by atoms with E-state index < -0.39 is 12.5 Å². The summed E-state index contributed by atoms with van der Waals surface area (Å²) in [6.45, 7) is 0.991. The number of ketones is 1. The number of ether oxygens (including phenoxy) is 1. The first kappa shape index (κ1) is 20.6. The van der Waals surface area contributed by atoms with Crippen molar-refractivity contribution in [3.8, 4) is 0 Å². The number of alkyl halides is 2. The fourth-order valence-electron chi connectivity index (χ4n) is 4.79. The van der Waals surface area contributed by atoms with Crippen LogP contribution in [0, 0.1) is 5.92 Å². The Kier molecular flexibility index (Phi) is 5.90. The zero-order valence-electron chi connectivity index (χ0n) is 17.1. The number of likely N-dealkylation sites (N-methyl/N-ethyl adjacent to an activating group) is 1. The number of Topliss-reactive ketones (excluding diaryl/α,β-unsaturated/α-hetero) is 1. The van der Waals surface area contributed by atoms with E-state index in [4.69, 9.17) is 4.74 Å². The van der Waals surface area contributed by atoms with E-state index in [1.807, 2.05) is 36.4 Å². The third-order valence-corrected chi connectivity index (χ3v) is 6.08. The van der Waals surface area contributed by atoms with Gasteiger partial charge < -0.3 is 4.74 Å². The number of hydrogen-bond acceptors (Lipinski definition) is 5. The molecule has 0 N–H and O–H groups in total. The molecule has 2 aliphatic heterocycles. The number of aromatic nitrogens is 1. The summed E-state index contributed by atoms with van der Waals surface area (Å²) in [5.74, 6) is 0.0586. The quantitative estimate of drug-likeness (QED) is 0.728. The van der Waals surface area contributed by atoms with Crippen molar-refractivity contribution in [2.24, 2.45) is 10.9 Å². The van der Waals surface area contributed by atoms with Gasteiger partial charge in [-0.3, -0.25) is 14.7 Å². The van der Waals surface area contributed by atoms with Crippen LogP contribution in [0.25, 0.3) is 0 Å². The molecule has 7 heteroatoms. The molecule has 0 unspecified atom stereocenters. The van der Waals surface area contributed by atoms with Crippen molar-refractivity contribution in [3.63, 3.8) is 0 Å². The summed E-state index contributed by atoms with van der Waals surface area (Å²) in [7, 11) is 3.28. The molecule has 3 atom stereocenters. The lowest BCUT2D eigenvalue weighted by atomic mass is 9.81. The van der Waals surface area contributed by atoms with E-state index in [1.165, 1.54) is 0 Å². The van der Waals surface area contributed by atoms with Gasteiger partial charge in [-0.25, -0.2) is 13.8 Å². The van der Waals surface area contributed by atoms with Crippen LogP contribution in [-0.2, 0) is 22.5 Å². The van der Waals surface area contributed by atoms with E-state index in [1.54, 1.807) is 25.3 Å². The summed E-state index contributed by atoms with van der Waals surface area (Å²) in [6.07, 6.45) is -0.327. The van der Waals surface area contributed by atoms with Crippen LogP contribution in [0.5, 0.6) is 0 Å². The Morgan fingerprint density at radius 2 is 2.07 bits per heavy atom.